The Kier molecular flexibility index (Phi) is 19.1. The van der Waals surface area contributed by atoms with Gasteiger partial charge in [0.2, 0.25) is 0 Å². The van der Waals surface area contributed by atoms with Gasteiger partial charge in [0.05, 0.1) is 0 Å². The molecule has 2 nitrogen and oxygen atoms in total. The normalized spacial score (nSPS) is 10.7. The summed E-state index contributed by atoms with van der Waals surface area (Å²) < 4.78 is 4.64. The number of benzene rings is 3. The van der Waals surface area contributed by atoms with Crippen LogP contribution in [0.5, 0.6) is 0 Å². The summed E-state index contributed by atoms with van der Waals surface area (Å²) in [6.45, 7) is 2.26. The zero-order chi connectivity index (χ0) is 27.8. The fraction of sp³-hybridized carbons (Fsp3) is 0.417. The van der Waals surface area contributed by atoms with Crippen molar-refractivity contribution < 1.29 is 9.90 Å². The van der Waals surface area contributed by atoms with Crippen molar-refractivity contribution >= 4 is 38.0 Å². The number of hydrogen-bond acceptors (Lipinski definition) is 2. The summed E-state index contributed by atoms with van der Waals surface area (Å²) in [6.07, 6.45) is 20.9. The number of hydrogen-bond donors (Lipinski definition) is 0. The van der Waals surface area contributed by atoms with Crippen molar-refractivity contribution in [3.63, 3.8) is 0 Å². The fourth-order valence-electron chi connectivity index (χ4n) is 4.65. The Morgan fingerprint density at radius 3 is 1.31 bits per heavy atom. The minimum atomic E-state index is -2.17. The van der Waals surface area contributed by atoms with E-state index in [-0.39, 0.29) is 6.42 Å². The van der Waals surface area contributed by atoms with Crippen molar-refractivity contribution in [1.29, 1.82) is 0 Å². The van der Waals surface area contributed by atoms with Crippen molar-refractivity contribution in [3.8, 4) is 0 Å². The van der Waals surface area contributed by atoms with Crippen molar-refractivity contribution in [1.82, 2.24) is 0 Å². The van der Waals surface area contributed by atoms with E-state index in [2.05, 4.69) is 110 Å². The van der Waals surface area contributed by atoms with Crippen LogP contribution in [0.3, 0.4) is 0 Å². The summed E-state index contributed by atoms with van der Waals surface area (Å²) in [4.78, 5) is 10.2. The molecular formula is C36H48O2Pb. The van der Waals surface area contributed by atoms with Gasteiger partial charge in [-0.2, -0.15) is 0 Å². The van der Waals surface area contributed by atoms with Gasteiger partial charge in [-0.3, -0.25) is 0 Å². The van der Waals surface area contributed by atoms with Crippen LogP contribution in [-0.2, 0) is 4.79 Å². The minimum absolute atomic E-state index is 0.220. The number of allylic oxidation sites excluding steroid dienone is 2. The first-order chi connectivity index (χ1) is 19.2. The van der Waals surface area contributed by atoms with Crippen LogP contribution in [-0.4, -0.2) is 28.7 Å². The zero-order valence-electron chi connectivity index (χ0n) is 24.0. The maximum absolute atomic E-state index is 10.2. The van der Waals surface area contributed by atoms with Gasteiger partial charge in [0.25, 0.3) is 0 Å². The van der Waals surface area contributed by atoms with E-state index in [0.717, 1.165) is 19.3 Å². The van der Waals surface area contributed by atoms with Crippen LogP contribution < -0.4 is 14.5 Å². The molecule has 0 aromatic heterocycles. The molecule has 0 atom stereocenters. The van der Waals surface area contributed by atoms with Crippen LogP contribution in [0, 0.1) is 0 Å². The van der Waals surface area contributed by atoms with Crippen molar-refractivity contribution in [2.45, 2.75) is 96.8 Å². The van der Waals surface area contributed by atoms with Gasteiger partial charge >= 0.3 is 123 Å². The van der Waals surface area contributed by atoms with Gasteiger partial charge in [0, 0.05) is 5.97 Å². The molecule has 0 unspecified atom stereocenters. The summed E-state index contributed by atoms with van der Waals surface area (Å²) >= 11 is -2.17. The van der Waals surface area contributed by atoms with Crippen molar-refractivity contribution in [2.24, 2.45) is 0 Å². The van der Waals surface area contributed by atoms with E-state index in [1.54, 1.807) is 9.37 Å². The third-order valence-corrected chi connectivity index (χ3v) is 17.5. The van der Waals surface area contributed by atoms with E-state index in [0.29, 0.717) is 0 Å². The van der Waals surface area contributed by atoms with E-state index in [9.17, 15) is 9.90 Å². The second-order valence-corrected chi connectivity index (χ2v) is 19.8. The molecule has 3 rings (SSSR count). The van der Waals surface area contributed by atoms with Crippen LogP contribution in [0.25, 0.3) is 0 Å². The van der Waals surface area contributed by atoms with E-state index < -0.39 is 28.7 Å². The van der Waals surface area contributed by atoms with Crippen LogP contribution in [0.1, 0.15) is 96.8 Å². The van der Waals surface area contributed by atoms with Gasteiger partial charge in [0.1, 0.15) is 0 Å². The average molecular weight is 720 g/mol. The van der Waals surface area contributed by atoms with Gasteiger partial charge in [-0.15, -0.1) is 0 Å². The summed E-state index contributed by atoms with van der Waals surface area (Å²) in [5.41, 5.74) is 0. The molecular weight excluding hydrogens is 672 g/mol. The molecule has 3 aromatic carbocycles. The Bertz CT molecular complexity index is 908. The first-order valence-electron chi connectivity index (χ1n) is 15.1. The van der Waals surface area contributed by atoms with Gasteiger partial charge in [-0.1, -0.05) is 70.4 Å². The maximum atomic E-state index is 10.2. The first kappa shape index (κ1) is 33.0. The molecule has 39 heavy (non-hydrogen) atoms. The Morgan fingerprint density at radius 2 is 0.923 bits per heavy atom. The van der Waals surface area contributed by atoms with E-state index >= 15 is 0 Å². The number of aliphatic carboxylic acids is 1. The van der Waals surface area contributed by atoms with Gasteiger partial charge in [-0.05, 0) is 38.5 Å². The number of carbonyl (C=O) groups is 1. The molecule has 3 aromatic rings. The number of rotatable bonds is 18. The summed E-state index contributed by atoms with van der Waals surface area (Å²) in [5, 5.41) is 10.2. The molecule has 3 heteroatoms. The second kappa shape index (κ2) is 22.6. The van der Waals surface area contributed by atoms with Gasteiger partial charge in [-0.25, -0.2) is 0 Å². The topological polar surface area (TPSA) is 40.1 Å². The number of unbranched alkanes of at least 4 members (excludes halogenated alkanes) is 11. The third-order valence-electron chi connectivity index (χ3n) is 6.83. The molecule has 0 bridgehead atoms. The number of carboxylic acid groups (broad SMARTS) is 1. The van der Waals surface area contributed by atoms with E-state index in [1.165, 1.54) is 64.2 Å². The molecule has 0 aliphatic rings. The molecule has 0 fully saturated rings. The Balaban J connectivity index is 0.000000273. The Hall–Kier alpha value is -2.21. The average Bonchev–Trinajstić information content (AvgIpc) is 2.97. The van der Waals surface area contributed by atoms with Crippen LogP contribution in [0.2, 0.25) is 0 Å². The molecule has 0 N–H and O–H groups in total. The van der Waals surface area contributed by atoms with Gasteiger partial charge in [0.15, 0.2) is 0 Å². The monoisotopic (exact) mass is 720 g/mol. The van der Waals surface area contributed by atoms with E-state index in [1.807, 2.05) is 0 Å². The predicted octanol–water partition coefficient (Wildman–Crippen LogP) is 6.98. The second-order valence-electron chi connectivity index (χ2n) is 10.2. The molecule has 208 valence electrons. The van der Waals surface area contributed by atoms with Crippen LogP contribution in [0.4, 0.5) is 0 Å². The van der Waals surface area contributed by atoms with Gasteiger partial charge < -0.3 is 9.90 Å². The molecule has 0 saturated heterocycles. The van der Waals surface area contributed by atoms with E-state index in [4.69, 9.17) is 0 Å². The molecule has 0 saturated carbocycles. The molecule has 0 aliphatic carbocycles. The van der Waals surface area contributed by atoms with Crippen molar-refractivity contribution in [2.75, 3.05) is 0 Å². The Labute approximate surface area is 246 Å². The zero-order valence-corrected chi connectivity index (χ0v) is 27.9. The predicted molar refractivity (Wildman–Crippen MR) is 168 cm³/mol. The molecule has 0 aliphatic heterocycles. The number of carboxylic acids is 1. The van der Waals surface area contributed by atoms with Crippen molar-refractivity contribution in [3.05, 3.63) is 103 Å². The molecule has 0 radical (unpaired) electrons. The third kappa shape index (κ3) is 15.8. The molecule has 0 heterocycles. The number of carbonyl (C=O) groups excluding carboxylic acids is 1. The quantitative estimate of drug-likeness (QED) is 0.0810. The molecule has 0 spiro atoms. The Morgan fingerprint density at radius 1 is 0.564 bits per heavy atom. The van der Waals surface area contributed by atoms with Crippen LogP contribution >= 0.6 is 0 Å². The SMILES string of the molecule is CCCCCCCCC=CCCCCCCCC(=O)[O-].c1cc[c]([Pb+]([c]2ccccc2)[c]2ccccc2)cc1. The summed E-state index contributed by atoms with van der Waals surface area (Å²) in [5.74, 6) is -0.914. The summed E-state index contributed by atoms with van der Waals surface area (Å²) in [6, 6.07) is 33.0. The summed E-state index contributed by atoms with van der Waals surface area (Å²) in [7, 11) is 0. The standard InChI is InChI=1S/C18H34O2.3C6H5.Pb/c1-2-3-4-5-6-7-8-9-10-11-12-13-14-15-16-17-18(19)20;3*1-2-4-6-5-3-1;/h9-10H,2-8,11-17H2,1H3,(H,19,20);3*1-5H;/q;;;;+1/p-1. The fourth-order valence-corrected chi connectivity index (χ4v) is 14.7. The van der Waals surface area contributed by atoms with Crippen LogP contribution in [0.15, 0.2) is 103 Å². The molecule has 0 amide bonds. The first-order valence-corrected chi connectivity index (χ1v) is 20.9.